The first-order chi connectivity index (χ1) is 8.09. The molecule has 0 saturated heterocycles. The highest BCUT2D eigenvalue weighted by Gasteiger charge is 2.04. The van der Waals surface area contributed by atoms with Gasteiger partial charge in [-0.1, -0.05) is 47.8 Å². The van der Waals surface area contributed by atoms with Crippen LogP contribution in [0.25, 0.3) is 0 Å². The van der Waals surface area contributed by atoms with Crippen LogP contribution in [0, 0.1) is 5.41 Å². The van der Waals surface area contributed by atoms with Gasteiger partial charge in [-0.2, -0.15) is 0 Å². The third-order valence-corrected chi connectivity index (χ3v) is 3.58. The van der Waals surface area contributed by atoms with Crippen LogP contribution in [0.15, 0.2) is 24.3 Å². The molecule has 0 radical (unpaired) electrons. The lowest BCUT2D eigenvalue weighted by atomic mass is 10.1. The van der Waals surface area contributed by atoms with Crippen LogP contribution in [0.2, 0.25) is 0 Å². The van der Waals surface area contributed by atoms with Gasteiger partial charge in [0.25, 0.3) is 5.24 Å². The van der Waals surface area contributed by atoms with Crippen molar-refractivity contribution in [3.63, 3.8) is 0 Å². The third kappa shape index (κ3) is 9.37. The van der Waals surface area contributed by atoms with Gasteiger partial charge in [-0.05, 0) is 17.5 Å². The summed E-state index contributed by atoms with van der Waals surface area (Å²) < 4.78 is 0. The predicted octanol–water partition coefficient (Wildman–Crippen LogP) is 3.32. The van der Waals surface area contributed by atoms with Gasteiger partial charge in [0.05, 0.1) is 0 Å². The Morgan fingerprint density at radius 3 is 2.21 bits per heavy atom. The fraction of sp³-hybridized carbons (Fsp3) is 0.273. The molecule has 19 heavy (non-hydrogen) atoms. The van der Waals surface area contributed by atoms with Crippen molar-refractivity contribution in [3.05, 3.63) is 35.4 Å². The van der Waals surface area contributed by atoms with Gasteiger partial charge in [0.1, 0.15) is 0 Å². The SMILES string of the molecule is Br.Br.N=C(N)SCCc1ccccc1CSC(N)=O. The summed E-state index contributed by atoms with van der Waals surface area (Å²) in [4.78, 5) is 10.7. The second kappa shape index (κ2) is 11.6. The molecule has 0 atom stereocenters. The number of halogens is 2. The largest absolute Gasteiger partial charge is 0.379 e. The molecule has 0 spiro atoms. The molecule has 1 aromatic rings. The maximum atomic E-state index is 10.7. The average Bonchev–Trinajstić information content (AvgIpc) is 2.27. The Labute approximate surface area is 142 Å². The smallest absolute Gasteiger partial charge is 0.276 e. The number of carbonyl (C=O) groups is 1. The van der Waals surface area contributed by atoms with Crippen LogP contribution in [-0.2, 0) is 12.2 Å². The fourth-order valence-electron chi connectivity index (χ4n) is 1.36. The standard InChI is InChI=1S/C11H15N3OS2.2BrH/c12-10(13)16-6-5-8-3-1-2-4-9(8)7-17-11(14)15;;/h1-4H,5-7H2,(H3,12,13)(H2,14,15);2*1H. The summed E-state index contributed by atoms with van der Waals surface area (Å²) in [5, 5.41) is 6.90. The van der Waals surface area contributed by atoms with Crippen molar-refractivity contribution in [1.29, 1.82) is 5.41 Å². The van der Waals surface area contributed by atoms with Gasteiger partial charge < -0.3 is 11.5 Å². The molecule has 0 aromatic heterocycles. The van der Waals surface area contributed by atoms with E-state index in [1.165, 1.54) is 17.3 Å². The van der Waals surface area contributed by atoms with Crippen molar-refractivity contribution in [2.45, 2.75) is 12.2 Å². The van der Waals surface area contributed by atoms with Crippen molar-refractivity contribution < 1.29 is 4.79 Å². The summed E-state index contributed by atoms with van der Waals surface area (Å²) >= 11 is 2.43. The summed E-state index contributed by atoms with van der Waals surface area (Å²) in [5.41, 5.74) is 12.7. The van der Waals surface area contributed by atoms with Gasteiger partial charge in [0.15, 0.2) is 5.17 Å². The lowest BCUT2D eigenvalue weighted by Crippen LogP contribution is -2.06. The molecule has 0 heterocycles. The molecule has 0 fully saturated rings. The van der Waals surface area contributed by atoms with E-state index in [0.29, 0.717) is 5.75 Å². The van der Waals surface area contributed by atoms with E-state index in [9.17, 15) is 4.79 Å². The molecule has 1 amide bonds. The Morgan fingerprint density at radius 2 is 1.68 bits per heavy atom. The zero-order valence-electron chi connectivity index (χ0n) is 10.1. The van der Waals surface area contributed by atoms with Crippen molar-refractivity contribution in [2.75, 3.05) is 5.75 Å². The second-order valence-electron chi connectivity index (χ2n) is 3.34. The number of hydrogen-bond donors (Lipinski definition) is 3. The zero-order valence-corrected chi connectivity index (χ0v) is 15.2. The van der Waals surface area contributed by atoms with E-state index in [1.54, 1.807) is 0 Å². The first kappa shape index (κ1) is 21.1. The van der Waals surface area contributed by atoms with Gasteiger partial charge in [-0.3, -0.25) is 10.2 Å². The number of carbonyl (C=O) groups excluding carboxylic acids is 1. The molecular weight excluding hydrogens is 414 g/mol. The molecule has 0 unspecified atom stereocenters. The minimum atomic E-state index is -0.363. The number of amidine groups is 1. The number of primary amides is 1. The highest BCUT2D eigenvalue weighted by molar-refractivity contribution is 8.93. The Bertz CT molecular complexity index is 419. The first-order valence-corrected chi connectivity index (χ1v) is 7.02. The number of hydrogen-bond acceptors (Lipinski definition) is 4. The zero-order chi connectivity index (χ0) is 12.7. The molecule has 1 rings (SSSR count). The summed E-state index contributed by atoms with van der Waals surface area (Å²) in [7, 11) is 0. The lowest BCUT2D eigenvalue weighted by molar-refractivity contribution is 0.267. The van der Waals surface area contributed by atoms with E-state index < -0.39 is 0 Å². The molecule has 108 valence electrons. The Morgan fingerprint density at radius 1 is 1.11 bits per heavy atom. The van der Waals surface area contributed by atoms with E-state index >= 15 is 0 Å². The van der Waals surface area contributed by atoms with Crippen LogP contribution in [0.5, 0.6) is 0 Å². The van der Waals surface area contributed by atoms with Crippen LogP contribution in [0.1, 0.15) is 11.1 Å². The monoisotopic (exact) mass is 429 g/mol. The average molecular weight is 431 g/mol. The van der Waals surface area contributed by atoms with Crippen molar-refractivity contribution in [1.82, 2.24) is 0 Å². The first-order valence-electron chi connectivity index (χ1n) is 5.05. The second-order valence-corrected chi connectivity index (χ2v) is 5.46. The number of benzene rings is 1. The van der Waals surface area contributed by atoms with Crippen LogP contribution in [-0.4, -0.2) is 16.2 Å². The van der Waals surface area contributed by atoms with Crippen molar-refractivity contribution >= 4 is 67.9 Å². The molecule has 4 nitrogen and oxygen atoms in total. The van der Waals surface area contributed by atoms with Gasteiger partial charge in [0, 0.05) is 11.5 Å². The molecule has 8 heteroatoms. The van der Waals surface area contributed by atoms with Crippen LogP contribution < -0.4 is 11.5 Å². The highest BCUT2D eigenvalue weighted by Crippen LogP contribution is 2.18. The third-order valence-electron chi connectivity index (χ3n) is 2.12. The maximum Gasteiger partial charge on any atom is 0.276 e. The van der Waals surface area contributed by atoms with E-state index in [-0.39, 0.29) is 44.4 Å². The van der Waals surface area contributed by atoms with Gasteiger partial charge in [-0.25, -0.2) is 0 Å². The van der Waals surface area contributed by atoms with Gasteiger partial charge in [-0.15, -0.1) is 34.0 Å². The summed E-state index contributed by atoms with van der Waals surface area (Å²) in [5.74, 6) is 1.36. The summed E-state index contributed by atoms with van der Waals surface area (Å²) in [6.07, 6.45) is 0.833. The highest BCUT2D eigenvalue weighted by atomic mass is 79.9. The van der Waals surface area contributed by atoms with Crippen LogP contribution in [0.3, 0.4) is 0 Å². The van der Waals surface area contributed by atoms with Gasteiger partial charge >= 0.3 is 0 Å². The molecule has 0 saturated carbocycles. The summed E-state index contributed by atoms with van der Waals surface area (Å²) in [6.45, 7) is 0. The number of rotatable bonds is 5. The molecule has 0 aliphatic carbocycles. The number of thioether (sulfide) groups is 2. The Hall–Kier alpha value is -0.180. The number of nitrogens with two attached hydrogens (primary N) is 2. The predicted molar refractivity (Wildman–Crippen MR) is 96.0 cm³/mol. The van der Waals surface area contributed by atoms with Crippen LogP contribution >= 0.6 is 57.5 Å². The summed E-state index contributed by atoms with van der Waals surface area (Å²) in [6, 6.07) is 7.92. The minimum Gasteiger partial charge on any atom is -0.379 e. The number of aryl methyl sites for hydroxylation is 1. The van der Waals surface area contributed by atoms with E-state index in [1.807, 2.05) is 24.3 Å². The lowest BCUT2D eigenvalue weighted by Gasteiger charge is -2.07. The van der Waals surface area contributed by atoms with Crippen molar-refractivity contribution in [3.8, 4) is 0 Å². The van der Waals surface area contributed by atoms with E-state index in [2.05, 4.69) is 0 Å². The fourth-order valence-corrected chi connectivity index (χ4v) is 2.48. The molecule has 1 aromatic carbocycles. The van der Waals surface area contributed by atoms with Crippen molar-refractivity contribution in [2.24, 2.45) is 11.5 Å². The molecule has 0 bridgehead atoms. The molecule has 0 aliphatic heterocycles. The number of amides is 1. The Kier molecular flexibility index (Phi) is 12.9. The number of nitrogens with one attached hydrogen (secondary N) is 1. The molecular formula is C11H17Br2N3OS2. The topological polar surface area (TPSA) is 93.0 Å². The quantitative estimate of drug-likeness (QED) is 0.493. The molecule has 0 aliphatic rings. The van der Waals surface area contributed by atoms with E-state index in [4.69, 9.17) is 16.9 Å². The maximum absolute atomic E-state index is 10.7. The molecule has 5 N–H and O–H groups in total. The van der Waals surface area contributed by atoms with Crippen LogP contribution in [0.4, 0.5) is 4.79 Å². The Balaban J connectivity index is 0. The minimum absolute atomic E-state index is 0. The van der Waals surface area contributed by atoms with Gasteiger partial charge in [0.2, 0.25) is 0 Å². The van der Waals surface area contributed by atoms with E-state index in [0.717, 1.165) is 29.5 Å². The normalized spacial score (nSPS) is 9.05.